The third kappa shape index (κ3) is 2.60. The summed E-state index contributed by atoms with van der Waals surface area (Å²) in [4.78, 5) is 8.57. The van der Waals surface area contributed by atoms with Crippen molar-refractivity contribution < 1.29 is 0 Å². The van der Waals surface area contributed by atoms with E-state index in [1.807, 2.05) is 35.7 Å². The van der Waals surface area contributed by atoms with Crippen molar-refractivity contribution in [2.24, 2.45) is 0 Å². The highest BCUT2D eigenvalue weighted by Gasteiger charge is 2.05. The fourth-order valence-corrected chi connectivity index (χ4v) is 3.60. The van der Waals surface area contributed by atoms with Gasteiger partial charge in [-0.05, 0) is 29.1 Å². The first-order valence-corrected chi connectivity index (χ1v) is 7.53. The van der Waals surface area contributed by atoms with Crippen LogP contribution < -0.4 is 0 Å². The molecule has 0 fully saturated rings. The highest BCUT2D eigenvalue weighted by molar-refractivity contribution is 7.98. The molecule has 3 aromatic rings. The van der Waals surface area contributed by atoms with Gasteiger partial charge in [-0.3, -0.25) is 0 Å². The van der Waals surface area contributed by atoms with Crippen molar-refractivity contribution in [3.05, 3.63) is 53.2 Å². The van der Waals surface area contributed by atoms with E-state index >= 15 is 0 Å². The van der Waals surface area contributed by atoms with Gasteiger partial charge >= 0.3 is 0 Å². The first-order valence-electron chi connectivity index (χ1n) is 5.67. The van der Waals surface area contributed by atoms with Crippen LogP contribution in [0.15, 0.2) is 47.1 Å². The molecule has 0 N–H and O–H groups in total. The van der Waals surface area contributed by atoms with Crippen molar-refractivity contribution in [3.8, 4) is 6.07 Å². The molecule has 19 heavy (non-hydrogen) atoms. The molecule has 5 heteroatoms. The Bertz CT molecular complexity index is 741. The van der Waals surface area contributed by atoms with Crippen molar-refractivity contribution in [3.63, 3.8) is 0 Å². The molecule has 0 saturated heterocycles. The van der Waals surface area contributed by atoms with Gasteiger partial charge in [0.15, 0.2) is 0 Å². The second-order valence-corrected chi connectivity index (χ2v) is 5.79. The van der Waals surface area contributed by atoms with Gasteiger partial charge in [-0.15, -0.1) is 23.1 Å². The van der Waals surface area contributed by atoms with E-state index in [-0.39, 0.29) is 0 Å². The Balaban J connectivity index is 1.78. The number of nitrogens with zero attached hydrogens (tertiary/aromatic N) is 3. The van der Waals surface area contributed by atoms with Crippen LogP contribution in [0.25, 0.3) is 10.2 Å². The zero-order chi connectivity index (χ0) is 13.1. The molecule has 1 aromatic carbocycles. The molecular weight excluding hydrogens is 274 g/mol. The summed E-state index contributed by atoms with van der Waals surface area (Å²) in [6.45, 7) is 0. The maximum absolute atomic E-state index is 8.76. The van der Waals surface area contributed by atoms with Gasteiger partial charge in [-0.1, -0.05) is 12.1 Å². The van der Waals surface area contributed by atoms with Gasteiger partial charge < -0.3 is 0 Å². The molecule has 0 unspecified atom stereocenters. The second-order valence-electron chi connectivity index (χ2n) is 3.91. The van der Waals surface area contributed by atoms with Crippen LogP contribution >= 0.6 is 23.1 Å². The Labute approximate surface area is 118 Å². The fourth-order valence-electron chi connectivity index (χ4n) is 1.70. The quantitative estimate of drug-likeness (QED) is 0.541. The molecule has 0 saturated carbocycles. The Morgan fingerprint density at radius 1 is 1.16 bits per heavy atom. The predicted molar refractivity (Wildman–Crippen MR) is 78.1 cm³/mol. The van der Waals surface area contributed by atoms with Gasteiger partial charge in [0.05, 0.1) is 21.8 Å². The number of aromatic nitrogens is 2. The lowest BCUT2D eigenvalue weighted by Crippen LogP contribution is -1.85. The summed E-state index contributed by atoms with van der Waals surface area (Å²) < 4.78 is 1.14. The predicted octanol–water partition coefficient (Wildman–Crippen LogP) is 3.86. The number of thiophene rings is 1. The van der Waals surface area contributed by atoms with Crippen molar-refractivity contribution in [1.29, 1.82) is 5.26 Å². The third-order valence-corrected chi connectivity index (χ3v) is 4.77. The van der Waals surface area contributed by atoms with Crippen molar-refractivity contribution in [1.82, 2.24) is 9.97 Å². The molecule has 0 aliphatic rings. The smallest absolute Gasteiger partial charge is 0.118 e. The SMILES string of the molecule is N#Cc1ccc(CSc2ncnc3ccsc23)cc1. The highest BCUT2D eigenvalue weighted by Crippen LogP contribution is 2.30. The molecule has 2 heterocycles. The Morgan fingerprint density at radius 2 is 2.00 bits per heavy atom. The zero-order valence-electron chi connectivity index (χ0n) is 9.91. The molecule has 3 rings (SSSR count). The molecule has 92 valence electrons. The fraction of sp³-hybridized carbons (Fsp3) is 0.0714. The van der Waals surface area contributed by atoms with E-state index in [0.29, 0.717) is 5.56 Å². The second kappa shape index (κ2) is 5.39. The van der Waals surface area contributed by atoms with Crippen LogP contribution in [0.2, 0.25) is 0 Å². The van der Waals surface area contributed by atoms with Gasteiger partial charge in [-0.25, -0.2) is 9.97 Å². The maximum atomic E-state index is 8.76. The van der Waals surface area contributed by atoms with E-state index in [2.05, 4.69) is 16.0 Å². The number of benzene rings is 1. The number of hydrogen-bond acceptors (Lipinski definition) is 5. The molecule has 0 aliphatic carbocycles. The first kappa shape index (κ1) is 12.2. The topological polar surface area (TPSA) is 49.6 Å². The van der Waals surface area contributed by atoms with Crippen LogP contribution in [0.5, 0.6) is 0 Å². The van der Waals surface area contributed by atoms with E-state index in [9.17, 15) is 0 Å². The summed E-state index contributed by atoms with van der Waals surface area (Å²) in [7, 11) is 0. The first-order chi connectivity index (χ1) is 9.36. The zero-order valence-corrected chi connectivity index (χ0v) is 11.5. The van der Waals surface area contributed by atoms with Crippen LogP contribution in [0.4, 0.5) is 0 Å². The summed E-state index contributed by atoms with van der Waals surface area (Å²) >= 11 is 3.36. The van der Waals surface area contributed by atoms with E-state index in [1.54, 1.807) is 29.4 Å². The molecule has 0 aliphatic heterocycles. The lowest BCUT2D eigenvalue weighted by Gasteiger charge is -2.02. The average Bonchev–Trinajstić information content (AvgIpc) is 2.94. The summed E-state index contributed by atoms with van der Waals surface area (Å²) in [6.07, 6.45) is 1.61. The van der Waals surface area contributed by atoms with Gasteiger partial charge in [-0.2, -0.15) is 5.26 Å². The van der Waals surface area contributed by atoms with Crippen LogP contribution in [0.1, 0.15) is 11.1 Å². The van der Waals surface area contributed by atoms with Gasteiger partial charge in [0.2, 0.25) is 0 Å². The maximum Gasteiger partial charge on any atom is 0.118 e. The lowest BCUT2D eigenvalue weighted by atomic mass is 10.2. The molecule has 0 bridgehead atoms. The Morgan fingerprint density at radius 3 is 2.79 bits per heavy atom. The number of nitriles is 1. The minimum absolute atomic E-state index is 0.691. The minimum atomic E-state index is 0.691. The van der Waals surface area contributed by atoms with Crippen LogP contribution in [-0.2, 0) is 5.75 Å². The molecule has 0 atom stereocenters. The monoisotopic (exact) mass is 283 g/mol. The van der Waals surface area contributed by atoms with Crippen molar-refractivity contribution in [2.75, 3.05) is 0 Å². The number of hydrogen-bond donors (Lipinski definition) is 0. The third-order valence-electron chi connectivity index (χ3n) is 2.67. The largest absolute Gasteiger partial charge is 0.235 e. The number of thioether (sulfide) groups is 1. The van der Waals surface area contributed by atoms with E-state index in [0.717, 1.165) is 21.0 Å². The van der Waals surface area contributed by atoms with E-state index in [4.69, 9.17) is 5.26 Å². The molecule has 0 spiro atoms. The highest BCUT2D eigenvalue weighted by atomic mass is 32.2. The molecule has 0 amide bonds. The number of rotatable bonds is 3. The summed E-state index contributed by atoms with van der Waals surface area (Å²) in [5.74, 6) is 0.843. The Kier molecular flexibility index (Phi) is 3.45. The minimum Gasteiger partial charge on any atom is -0.235 e. The van der Waals surface area contributed by atoms with Crippen LogP contribution in [-0.4, -0.2) is 9.97 Å². The van der Waals surface area contributed by atoms with Crippen molar-refractivity contribution in [2.45, 2.75) is 10.8 Å². The van der Waals surface area contributed by atoms with Gasteiger partial charge in [0.25, 0.3) is 0 Å². The molecule has 3 nitrogen and oxygen atoms in total. The molecule has 0 radical (unpaired) electrons. The van der Waals surface area contributed by atoms with Gasteiger partial charge in [0.1, 0.15) is 11.4 Å². The summed E-state index contributed by atoms with van der Waals surface area (Å²) in [6, 6.07) is 11.8. The van der Waals surface area contributed by atoms with E-state index < -0.39 is 0 Å². The average molecular weight is 283 g/mol. The van der Waals surface area contributed by atoms with Gasteiger partial charge in [0, 0.05) is 5.75 Å². The lowest BCUT2D eigenvalue weighted by molar-refractivity contribution is 1.11. The summed E-state index contributed by atoms with van der Waals surface area (Å²) in [5, 5.41) is 11.8. The Hall–Kier alpha value is -1.90. The normalized spacial score (nSPS) is 10.5. The molecule has 2 aromatic heterocycles. The van der Waals surface area contributed by atoms with Crippen LogP contribution in [0.3, 0.4) is 0 Å². The summed E-state index contributed by atoms with van der Waals surface area (Å²) in [5.41, 5.74) is 2.88. The van der Waals surface area contributed by atoms with Crippen molar-refractivity contribution >= 4 is 33.3 Å². The van der Waals surface area contributed by atoms with Crippen LogP contribution in [0, 0.1) is 11.3 Å². The standard InChI is InChI=1S/C14H9N3S2/c15-7-10-1-3-11(4-2-10)8-19-14-13-12(5-6-18-13)16-9-17-14/h1-6,9H,8H2. The molecular formula is C14H9N3S2. The van der Waals surface area contributed by atoms with E-state index in [1.165, 1.54) is 5.56 Å². The number of fused-ring (bicyclic) bond motifs is 1.